The molecule has 1 fully saturated rings. The highest BCUT2D eigenvalue weighted by molar-refractivity contribution is 6.06. The Morgan fingerprint density at radius 2 is 2.07 bits per heavy atom. The van der Waals surface area contributed by atoms with Gasteiger partial charge in [0.15, 0.2) is 5.69 Å². The number of nitrogens with zero attached hydrogens (tertiary/aromatic N) is 2. The van der Waals surface area contributed by atoms with E-state index in [1.54, 1.807) is 0 Å². The normalized spacial score (nSPS) is 19.0. The molecular weight excluding hydrogens is 344 g/mol. The number of nitrogens with two attached hydrogens (primary N) is 1. The summed E-state index contributed by atoms with van der Waals surface area (Å²) >= 11 is 0. The van der Waals surface area contributed by atoms with E-state index in [4.69, 9.17) is 10.5 Å². The molecule has 2 amide bonds. The monoisotopic (exact) mass is 372 g/mol. The molecule has 27 heavy (non-hydrogen) atoms. The summed E-state index contributed by atoms with van der Waals surface area (Å²) in [5.41, 5.74) is 6.19. The summed E-state index contributed by atoms with van der Waals surface area (Å²) in [4.78, 5) is 24.7. The number of carbonyl (C=O) groups is 2. The van der Waals surface area contributed by atoms with Crippen molar-refractivity contribution in [3.05, 3.63) is 30.0 Å². The fraction of sp³-hybridized carbons (Fsp3) is 0.550. The van der Waals surface area contributed by atoms with Gasteiger partial charge in [-0.15, -0.1) is 0 Å². The Hall–Kier alpha value is -2.41. The molecule has 1 aliphatic rings. The number of para-hydroxylation sites is 1. The second-order valence-corrected chi connectivity index (χ2v) is 8.21. The van der Waals surface area contributed by atoms with Gasteiger partial charge in [-0.25, -0.2) is 0 Å². The standard InChI is InChI=1S/C20H28N4O3/c1-20(2,3)17(18(21)25)22-19(26)16-14-9-4-5-10-15(14)24(23-16)12-13-8-6-7-11-27-13/h4-5,9-10,13,17H,6-8,11-12H2,1-3H3,(H2,21,25)(H,22,26)/t13?,17-/m1/s1. The van der Waals surface area contributed by atoms with Crippen LogP contribution < -0.4 is 11.1 Å². The smallest absolute Gasteiger partial charge is 0.273 e. The van der Waals surface area contributed by atoms with Crippen molar-refractivity contribution in [2.24, 2.45) is 11.1 Å². The van der Waals surface area contributed by atoms with Gasteiger partial charge in [0.25, 0.3) is 5.91 Å². The first-order valence-electron chi connectivity index (χ1n) is 9.44. The predicted molar refractivity (Wildman–Crippen MR) is 103 cm³/mol. The maximum Gasteiger partial charge on any atom is 0.273 e. The lowest BCUT2D eigenvalue weighted by Crippen LogP contribution is -2.52. The van der Waals surface area contributed by atoms with Gasteiger partial charge >= 0.3 is 0 Å². The molecule has 3 rings (SSSR count). The molecule has 1 aromatic carbocycles. The van der Waals surface area contributed by atoms with Crippen molar-refractivity contribution in [3.63, 3.8) is 0 Å². The SMILES string of the molecule is CC(C)(C)[C@H](NC(=O)c1nn(CC2CCCCO2)c2ccccc12)C(N)=O. The highest BCUT2D eigenvalue weighted by Crippen LogP contribution is 2.23. The van der Waals surface area contributed by atoms with Crippen molar-refractivity contribution in [1.29, 1.82) is 0 Å². The maximum absolute atomic E-state index is 12.9. The Kier molecular flexibility index (Phi) is 5.51. The molecule has 0 aliphatic carbocycles. The molecule has 2 aromatic rings. The van der Waals surface area contributed by atoms with Crippen LogP contribution >= 0.6 is 0 Å². The van der Waals surface area contributed by atoms with E-state index in [0.29, 0.717) is 12.2 Å². The van der Waals surface area contributed by atoms with Crippen LogP contribution in [0.3, 0.4) is 0 Å². The van der Waals surface area contributed by atoms with Crippen LogP contribution in [0.25, 0.3) is 10.9 Å². The topological polar surface area (TPSA) is 99.2 Å². The van der Waals surface area contributed by atoms with E-state index in [-0.39, 0.29) is 6.10 Å². The molecule has 0 bridgehead atoms. The maximum atomic E-state index is 12.9. The van der Waals surface area contributed by atoms with Crippen molar-refractivity contribution in [3.8, 4) is 0 Å². The van der Waals surface area contributed by atoms with Gasteiger partial charge in [-0.1, -0.05) is 39.0 Å². The average molecular weight is 372 g/mol. The largest absolute Gasteiger partial charge is 0.376 e. The third kappa shape index (κ3) is 4.30. The number of fused-ring (bicyclic) bond motifs is 1. The van der Waals surface area contributed by atoms with Gasteiger partial charge in [0.05, 0.1) is 18.2 Å². The zero-order valence-corrected chi connectivity index (χ0v) is 16.2. The van der Waals surface area contributed by atoms with Crippen molar-refractivity contribution < 1.29 is 14.3 Å². The van der Waals surface area contributed by atoms with E-state index in [1.807, 2.05) is 49.7 Å². The van der Waals surface area contributed by atoms with E-state index in [0.717, 1.165) is 36.8 Å². The Balaban J connectivity index is 1.89. The molecule has 146 valence electrons. The third-order valence-electron chi connectivity index (χ3n) is 4.95. The van der Waals surface area contributed by atoms with Gasteiger partial charge in [-0.2, -0.15) is 5.10 Å². The molecule has 1 aliphatic heterocycles. The number of hydrogen-bond donors (Lipinski definition) is 2. The van der Waals surface area contributed by atoms with Gasteiger partial charge in [-0.3, -0.25) is 14.3 Å². The molecule has 0 spiro atoms. The summed E-state index contributed by atoms with van der Waals surface area (Å²) in [6.45, 7) is 6.95. The lowest BCUT2D eigenvalue weighted by atomic mass is 9.86. The molecule has 2 atom stereocenters. The van der Waals surface area contributed by atoms with Crippen LogP contribution in [0.15, 0.2) is 24.3 Å². The molecule has 3 N–H and O–H groups in total. The predicted octanol–water partition coefficient (Wildman–Crippen LogP) is 2.24. The number of hydrogen-bond acceptors (Lipinski definition) is 4. The highest BCUT2D eigenvalue weighted by Gasteiger charge is 2.32. The van der Waals surface area contributed by atoms with Gasteiger partial charge in [0, 0.05) is 12.0 Å². The number of rotatable bonds is 5. The summed E-state index contributed by atoms with van der Waals surface area (Å²) in [5, 5.41) is 8.06. The fourth-order valence-corrected chi connectivity index (χ4v) is 3.49. The lowest BCUT2D eigenvalue weighted by Gasteiger charge is -2.28. The average Bonchev–Trinajstić information content (AvgIpc) is 2.98. The van der Waals surface area contributed by atoms with Crippen LogP contribution in [-0.4, -0.2) is 40.3 Å². The van der Waals surface area contributed by atoms with Crippen molar-refractivity contribution >= 4 is 22.7 Å². The number of amides is 2. The van der Waals surface area contributed by atoms with Crippen LogP contribution in [0, 0.1) is 5.41 Å². The molecule has 7 heteroatoms. The molecule has 1 unspecified atom stereocenters. The van der Waals surface area contributed by atoms with Crippen LogP contribution in [0.4, 0.5) is 0 Å². The van der Waals surface area contributed by atoms with E-state index in [1.165, 1.54) is 0 Å². The zero-order chi connectivity index (χ0) is 19.6. The van der Waals surface area contributed by atoms with Gasteiger partial charge < -0.3 is 15.8 Å². The molecular formula is C20H28N4O3. The van der Waals surface area contributed by atoms with Crippen molar-refractivity contribution in [2.45, 2.75) is 58.7 Å². The Morgan fingerprint density at radius 1 is 1.33 bits per heavy atom. The Morgan fingerprint density at radius 3 is 2.70 bits per heavy atom. The van der Waals surface area contributed by atoms with Crippen LogP contribution in [-0.2, 0) is 16.1 Å². The highest BCUT2D eigenvalue weighted by atomic mass is 16.5. The van der Waals surface area contributed by atoms with Crippen molar-refractivity contribution in [1.82, 2.24) is 15.1 Å². The number of aromatic nitrogens is 2. The minimum atomic E-state index is -0.782. The summed E-state index contributed by atoms with van der Waals surface area (Å²) in [7, 11) is 0. The van der Waals surface area contributed by atoms with Crippen LogP contribution in [0.1, 0.15) is 50.5 Å². The number of ether oxygens (including phenoxy) is 1. The minimum Gasteiger partial charge on any atom is -0.376 e. The fourth-order valence-electron chi connectivity index (χ4n) is 3.49. The summed E-state index contributed by atoms with van der Waals surface area (Å²) < 4.78 is 7.65. The summed E-state index contributed by atoms with van der Waals surface area (Å²) in [5.74, 6) is -0.955. The van der Waals surface area contributed by atoms with Gasteiger partial charge in [-0.05, 0) is 30.7 Å². The third-order valence-corrected chi connectivity index (χ3v) is 4.95. The number of carbonyl (C=O) groups excluding carboxylic acids is 2. The van der Waals surface area contributed by atoms with E-state index in [2.05, 4.69) is 10.4 Å². The first kappa shape index (κ1) is 19.4. The zero-order valence-electron chi connectivity index (χ0n) is 16.2. The number of nitrogens with one attached hydrogen (secondary N) is 1. The first-order valence-corrected chi connectivity index (χ1v) is 9.44. The van der Waals surface area contributed by atoms with E-state index < -0.39 is 23.3 Å². The molecule has 1 saturated heterocycles. The van der Waals surface area contributed by atoms with Crippen LogP contribution in [0.5, 0.6) is 0 Å². The molecule has 0 saturated carbocycles. The second-order valence-electron chi connectivity index (χ2n) is 8.21. The second kappa shape index (κ2) is 7.68. The Bertz CT molecular complexity index is 831. The van der Waals surface area contributed by atoms with E-state index in [9.17, 15) is 9.59 Å². The molecule has 7 nitrogen and oxygen atoms in total. The minimum absolute atomic E-state index is 0.103. The molecule has 1 aromatic heterocycles. The first-order chi connectivity index (χ1) is 12.8. The summed E-state index contributed by atoms with van der Waals surface area (Å²) in [6.07, 6.45) is 3.32. The quantitative estimate of drug-likeness (QED) is 0.841. The summed E-state index contributed by atoms with van der Waals surface area (Å²) in [6, 6.07) is 6.82. The van der Waals surface area contributed by atoms with Gasteiger partial charge in [0.1, 0.15) is 6.04 Å². The van der Waals surface area contributed by atoms with E-state index >= 15 is 0 Å². The van der Waals surface area contributed by atoms with Crippen LogP contribution in [0.2, 0.25) is 0 Å². The number of benzene rings is 1. The Labute approximate surface area is 159 Å². The number of primary amides is 1. The van der Waals surface area contributed by atoms with Gasteiger partial charge in [0.2, 0.25) is 5.91 Å². The molecule has 0 radical (unpaired) electrons. The lowest BCUT2D eigenvalue weighted by molar-refractivity contribution is -0.122. The molecule has 2 heterocycles. The van der Waals surface area contributed by atoms with Crippen molar-refractivity contribution in [2.75, 3.05) is 6.61 Å².